The van der Waals surface area contributed by atoms with Crippen LogP contribution in [0.2, 0.25) is 5.02 Å². The van der Waals surface area contributed by atoms with Crippen LogP contribution in [-0.4, -0.2) is 57.1 Å². The summed E-state index contributed by atoms with van der Waals surface area (Å²) < 4.78 is 42.9. The molecule has 2 N–H and O–H groups in total. The van der Waals surface area contributed by atoms with E-state index < -0.39 is 10.0 Å². The molecule has 2 aromatic carbocycles. The van der Waals surface area contributed by atoms with E-state index in [9.17, 15) is 8.42 Å². The Labute approximate surface area is 190 Å². The summed E-state index contributed by atoms with van der Waals surface area (Å²) in [5.74, 6) is 1.33. The molecule has 0 atom stereocenters. The quantitative estimate of drug-likeness (QED) is 0.380. The molecule has 0 spiro atoms. The number of benzene rings is 2. The average Bonchev–Trinajstić information content (AvgIpc) is 3.24. The van der Waals surface area contributed by atoms with Crippen LogP contribution >= 0.6 is 23.8 Å². The van der Waals surface area contributed by atoms with E-state index in [4.69, 9.17) is 38.0 Å². The summed E-state index contributed by atoms with van der Waals surface area (Å²) in [4.78, 5) is 0.118. The zero-order valence-corrected chi connectivity index (χ0v) is 18.6. The van der Waals surface area contributed by atoms with E-state index in [2.05, 4.69) is 15.8 Å². The lowest BCUT2D eigenvalue weighted by molar-refractivity contribution is 0.0730. The van der Waals surface area contributed by atoms with Gasteiger partial charge < -0.3 is 19.5 Å². The number of halogens is 1. The summed E-state index contributed by atoms with van der Waals surface area (Å²) >= 11 is 11.5. The Hall–Kier alpha value is -2.44. The van der Waals surface area contributed by atoms with E-state index in [1.54, 1.807) is 18.3 Å². The van der Waals surface area contributed by atoms with Crippen LogP contribution in [0.4, 0.5) is 5.69 Å². The molecule has 1 fully saturated rings. The van der Waals surface area contributed by atoms with E-state index in [-0.39, 0.29) is 16.8 Å². The highest BCUT2D eigenvalue weighted by atomic mass is 35.5. The van der Waals surface area contributed by atoms with Gasteiger partial charge in [-0.05, 0) is 54.2 Å². The van der Waals surface area contributed by atoms with E-state index in [1.165, 1.54) is 22.5 Å². The van der Waals surface area contributed by atoms with E-state index in [0.29, 0.717) is 48.5 Å². The Morgan fingerprint density at radius 3 is 2.71 bits per heavy atom. The first-order valence-corrected chi connectivity index (χ1v) is 11.5. The fraction of sp³-hybridized carbons (Fsp3) is 0.263. The lowest BCUT2D eigenvalue weighted by Gasteiger charge is -2.26. The summed E-state index contributed by atoms with van der Waals surface area (Å²) in [5.41, 5.74) is 3.82. The van der Waals surface area contributed by atoms with Crippen molar-refractivity contribution in [3.05, 3.63) is 47.0 Å². The number of hydrogen-bond donors (Lipinski definition) is 2. The summed E-state index contributed by atoms with van der Waals surface area (Å²) in [5, 5.41) is 7.43. The number of thiocarbonyl (C=S) groups is 1. The number of hydrogen-bond acceptors (Lipinski definition) is 7. The van der Waals surface area contributed by atoms with Crippen molar-refractivity contribution in [1.29, 1.82) is 0 Å². The summed E-state index contributed by atoms with van der Waals surface area (Å²) in [6.45, 7) is 1.55. The Morgan fingerprint density at radius 2 is 1.90 bits per heavy atom. The second-order valence-corrected chi connectivity index (χ2v) is 9.35. The first-order valence-electron chi connectivity index (χ1n) is 9.31. The highest BCUT2D eigenvalue weighted by molar-refractivity contribution is 7.89. The number of anilines is 1. The smallest absolute Gasteiger partial charge is 0.243 e. The number of rotatable bonds is 5. The number of nitrogens with zero attached hydrogens (tertiary/aromatic N) is 2. The van der Waals surface area contributed by atoms with Crippen LogP contribution < -0.4 is 20.2 Å². The molecule has 2 aromatic rings. The predicted molar refractivity (Wildman–Crippen MR) is 121 cm³/mol. The molecule has 9 nitrogen and oxygen atoms in total. The lowest BCUT2D eigenvalue weighted by atomic mass is 10.2. The van der Waals surface area contributed by atoms with E-state index in [0.717, 1.165) is 5.56 Å². The zero-order valence-electron chi connectivity index (χ0n) is 16.2. The van der Waals surface area contributed by atoms with Gasteiger partial charge in [-0.25, -0.2) is 8.42 Å². The van der Waals surface area contributed by atoms with Crippen molar-refractivity contribution < 1.29 is 22.6 Å². The van der Waals surface area contributed by atoms with Crippen LogP contribution in [0, 0.1) is 0 Å². The molecule has 164 valence electrons. The van der Waals surface area contributed by atoms with Crippen molar-refractivity contribution >= 4 is 50.9 Å². The number of ether oxygens (including phenoxy) is 3. The van der Waals surface area contributed by atoms with Gasteiger partial charge in [-0.2, -0.15) is 9.41 Å². The SMILES string of the molecule is O=S(=O)(c1ccc(Cl)c(NC(=S)N/N=C\c2ccc3c(c2)OCO3)c1)N1CCOCC1. The van der Waals surface area contributed by atoms with Crippen molar-refractivity contribution in [2.75, 3.05) is 38.4 Å². The van der Waals surface area contributed by atoms with Gasteiger partial charge in [0.05, 0.1) is 35.0 Å². The first kappa shape index (κ1) is 21.8. The van der Waals surface area contributed by atoms with Crippen molar-refractivity contribution in [3.63, 3.8) is 0 Å². The third kappa shape index (κ3) is 5.08. The first-order chi connectivity index (χ1) is 14.9. The van der Waals surface area contributed by atoms with Gasteiger partial charge in [0, 0.05) is 13.1 Å². The third-order valence-electron chi connectivity index (χ3n) is 4.57. The number of hydrazone groups is 1. The Morgan fingerprint density at radius 1 is 1.13 bits per heavy atom. The van der Waals surface area contributed by atoms with Gasteiger partial charge in [-0.3, -0.25) is 5.43 Å². The van der Waals surface area contributed by atoms with Gasteiger partial charge in [-0.15, -0.1) is 0 Å². The molecule has 1 saturated heterocycles. The second-order valence-electron chi connectivity index (χ2n) is 6.59. The molecule has 0 aliphatic carbocycles. The highest BCUT2D eigenvalue weighted by Gasteiger charge is 2.27. The Kier molecular flexibility index (Phi) is 6.58. The molecule has 4 rings (SSSR count). The molecule has 2 aliphatic rings. The van der Waals surface area contributed by atoms with Crippen molar-refractivity contribution in [2.24, 2.45) is 5.10 Å². The maximum atomic E-state index is 12.9. The minimum atomic E-state index is -3.66. The molecule has 0 aromatic heterocycles. The van der Waals surface area contributed by atoms with Crippen LogP contribution in [0.3, 0.4) is 0 Å². The van der Waals surface area contributed by atoms with Crippen molar-refractivity contribution in [3.8, 4) is 11.5 Å². The molecule has 31 heavy (non-hydrogen) atoms. The van der Waals surface area contributed by atoms with E-state index >= 15 is 0 Å². The zero-order chi connectivity index (χ0) is 21.8. The topological polar surface area (TPSA) is 101 Å². The number of sulfonamides is 1. The standard InChI is InChI=1S/C19H19ClN4O5S2/c20-15-3-2-14(31(25,26)24-5-7-27-8-6-24)10-16(15)22-19(30)23-21-11-13-1-4-17-18(9-13)29-12-28-17/h1-4,9-11H,5-8,12H2,(H2,22,23,30)/b21-11-. The van der Waals surface area contributed by atoms with Gasteiger partial charge in [0.1, 0.15) is 0 Å². The minimum absolute atomic E-state index is 0.118. The van der Waals surface area contributed by atoms with Gasteiger partial charge in [0.2, 0.25) is 16.8 Å². The second kappa shape index (κ2) is 9.37. The number of fused-ring (bicyclic) bond motifs is 1. The highest BCUT2D eigenvalue weighted by Crippen LogP contribution is 2.32. The van der Waals surface area contributed by atoms with Gasteiger partial charge >= 0.3 is 0 Å². The van der Waals surface area contributed by atoms with Gasteiger partial charge in [0.25, 0.3) is 0 Å². The molecule has 0 bridgehead atoms. The lowest BCUT2D eigenvalue weighted by Crippen LogP contribution is -2.40. The number of morpholine rings is 1. The molecule has 0 saturated carbocycles. The minimum Gasteiger partial charge on any atom is -0.454 e. The van der Waals surface area contributed by atoms with Gasteiger partial charge in [0.15, 0.2) is 16.6 Å². The Bertz CT molecular complexity index is 1120. The number of nitrogens with one attached hydrogen (secondary N) is 2. The maximum Gasteiger partial charge on any atom is 0.243 e. The van der Waals surface area contributed by atoms with Crippen LogP contribution in [-0.2, 0) is 14.8 Å². The van der Waals surface area contributed by atoms with Gasteiger partial charge in [-0.1, -0.05) is 11.6 Å². The largest absolute Gasteiger partial charge is 0.454 e. The third-order valence-corrected chi connectivity index (χ3v) is 6.99. The van der Waals surface area contributed by atoms with E-state index in [1.807, 2.05) is 6.07 Å². The molecule has 0 radical (unpaired) electrons. The molecule has 2 heterocycles. The molecule has 2 aliphatic heterocycles. The molecule has 0 unspecified atom stereocenters. The summed E-state index contributed by atoms with van der Waals surface area (Å²) in [6.07, 6.45) is 1.57. The summed E-state index contributed by atoms with van der Waals surface area (Å²) in [7, 11) is -3.66. The van der Waals surface area contributed by atoms with Crippen LogP contribution in [0.5, 0.6) is 11.5 Å². The maximum absolute atomic E-state index is 12.9. The van der Waals surface area contributed by atoms with Crippen LogP contribution in [0.15, 0.2) is 46.4 Å². The Balaban J connectivity index is 1.41. The molecule has 12 heteroatoms. The van der Waals surface area contributed by atoms with Crippen LogP contribution in [0.25, 0.3) is 0 Å². The average molecular weight is 483 g/mol. The predicted octanol–water partition coefficient (Wildman–Crippen LogP) is 2.41. The normalized spacial score (nSPS) is 16.4. The fourth-order valence-corrected chi connectivity index (χ4v) is 4.77. The monoisotopic (exact) mass is 482 g/mol. The fourth-order valence-electron chi connectivity index (χ4n) is 3.01. The molecule has 0 amide bonds. The van der Waals surface area contributed by atoms with Crippen LogP contribution in [0.1, 0.15) is 5.56 Å². The molecular formula is C19H19ClN4O5S2. The summed E-state index contributed by atoms with van der Waals surface area (Å²) in [6, 6.07) is 9.83. The van der Waals surface area contributed by atoms with Crippen molar-refractivity contribution in [1.82, 2.24) is 9.73 Å². The van der Waals surface area contributed by atoms with Crippen molar-refractivity contribution in [2.45, 2.75) is 4.90 Å². The molecular weight excluding hydrogens is 464 g/mol.